The number of rotatable bonds is 23. The number of nitriles is 2. The molecule has 1 N–H and O–H groups in total. The van der Waals surface area contributed by atoms with E-state index < -0.39 is 6.10 Å². The van der Waals surface area contributed by atoms with Crippen LogP contribution < -0.4 is 17.0 Å². The summed E-state index contributed by atoms with van der Waals surface area (Å²) in [6.45, 7) is 15.2. The first-order valence-electron chi connectivity index (χ1n) is 12.8. The van der Waals surface area contributed by atoms with Crippen molar-refractivity contribution in [2.45, 2.75) is 90.1 Å². The highest BCUT2D eigenvalue weighted by Gasteiger charge is 2.28. The van der Waals surface area contributed by atoms with E-state index in [4.69, 9.17) is 10.5 Å². The van der Waals surface area contributed by atoms with Crippen LogP contribution in [0.3, 0.4) is 0 Å². The molecule has 0 aromatic carbocycles. The van der Waals surface area contributed by atoms with Gasteiger partial charge >= 0.3 is 0 Å². The molecule has 0 aromatic heterocycles. The number of nitrogens with zero attached hydrogens (tertiary/aromatic N) is 4. The second-order valence-electron chi connectivity index (χ2n) is 9.14. The molecule has 0 radical (unpaired) electrons. The van der Waals surface area contributed by atoms with Crippen molar-refractivity contribution in [3.05, 3.63) is 25.3 Å². The van der Waals surface area contributed by atoms with E-state index in [1.54, 1.807) is 0 Å². The van der Waals surface area contributed by atoms with Crippen molar-refractivity contribution in [3.63, 3.8) is 0 Å². The zero-order valence-corrected chi connectivity index (χ0v) is 22.8. The monoisotopic (exact) mass is 524 g/mol. The van der Waals surface area contributed by atoms with Crippen molar-refractivity contribution in [1.29, 1.82) is 10.5 Å². The van der Waals surface area contributed by atoms with E-state index in [0.717, 1.165) is 30.5 Å². The highest BCUT2D eigenvalue weighted by Crippen LogP contribution is 2.16. The van der Waals surface area contributed by atoms with E-state index in [2.05, 4.69) is 32.2 Å². The summed E-state index contributed by atoms with van der Waals surface area (Å²) < 4.78 is 0.773. The predicted molar refractivity (Wildman–Crippen MR) is 135 cm³/mol. The fourth-order valence-corrected chi connectivity index (χ4v) is 4.49. The van der Waals surface area contributed by atoms with Gasteiger partial charge in [-0.15, -0.1) is 0 Å². The topological polar surface area (TPSA) is 71.0 Å². The van der Waals surface area contributed by atoms with Crippen molar-refractivity contribution < 1.29 is 26.6 Å². The van der Waals surface area contributed by atoms with Gasteiger partial charge in [-0.05, 0) is 25.0 Å². The molecule has 0 aromatic rings. The zero-order chi connectivity index (χ0) is 23.9. The lowest BCUT2D eigenvalue weighted by Crippen LogP contribution is -3.00. The van der Waals surface area contributed by atoms with Gasteiger partial charge in [0, 0.05) is 32.5 Å². The first-order valence-corrected chi connectivity index (χ1v) is 12.8. The molecule has 0 fully saturated rings. The predicted octanol–water partition coefficient (Wildman–Crippen LogP) is 2.59. The van der Waals surface area contributed by atoms with Crippen LogP contribution in [0, 0.1) is 22.7 Å². The van der Waals surface area contributed by atoms with E-state index >= 15 is 0 Å². The molecule has 1 atom stereocenters. The maximum Gasteiger partial charge on any atom is 0.116 e. The first-order chi connectivity index (χ1) is 15.6. The molecule has 5 nitrogen and oxygen atoms in total. The summed E-state index contributed by atoms with van der Waals surface area (Å²) >= 11 is 0. The largest absolute Gasteiger partial charge is 1.00 e. The van der Waals surface area contributed by atoms with Gasteiger partial charge in [0.25, 0.3) is 0 Å². The van der Waals surface area contributed by atoms with Crippen molar-refractivity contribution in [1.82, 2.24) is 4.90 Å². The molecule has 0 rings (SSSR count). The standard InChI is InChI=1S/C27H49N4O.BrH/c1-4-7-8-9-10-11-12-13-14-15-24-31(22-5-2,23-6-3)26-27(32)25-30(20-16-18-28)21-17-19-29;/h5-6,27,32H,2-4,7-17,20-26H2,1H3;1H/q+1;/p-1. The molecule has 0 amide bonds. The molecular formula is C27H49BrN4O. The molecule has 0 aliphatic rings. The van der Waals surface area contributed by atoms with Crippen LogP contribution in [-0.2, 0) is 0 Å². The molecule has 0 saturated heterocycles. The third-order valence-corrected chi connectivity index (χ3v) is 6.17. The van der Waals surface area contributed by atoms with E-state index in [9.17, 15) is 5.11 Å². The SMILES string of the molecule is C=CC[N+](CC=C)(CCCCCCCCCCCC)CC(O)CN(CCC#N)CCC#N.[Br-]. The molecule has 6 heteroatoms. The molecule has 0 saturated carbocycles. The number of aliphatic hydroxyl groups is 1. The third kappa shape index (κ3) is 18.9. The van der Waals surface area contributed by atoms with E-state index in [-0.39, 0.29) is 17.0 Å². The average molecular weight is 526 g/mol. The summed E-state index contributed by atoms with van der Waals surface area (Å²) in [4.78, 5) is 2.04. The number of quaternary nitrogens is 1. The molecule has 0 heterocycles. The van der Waals surface area contributed by atoms with E-state index in [1.807, 2.05) is 17.1 Å². The Kier molecular flexibility index (Phi) is 24.7. The number of unbranched alkanes of at least 4 members (excludes halogenated alkanes) is 9. The lowest BCUT2D eigenvalue weighted by molar-refractivity contribution is -0.920. The average Bonchev–Trinajstić information content (AvgIpc) is 2.77. The second-order valence-corrected chi connectivity index (χ2v) is 9.14. The van der Waals surface area contributed by atoms with Gasteiger partial charge < -0.3 is 26.6 Å². The molecule has 0 bridgehead atoms. The van der Waals surface area contributed by atoms with Crippen LogP contribution in [0.2, 0.25) is 0 Å². The normalized spacial score (nSPS) is 11.9. The molecule has 190 valence electrons. The zero-order valence-electron chi connectivity index (χ0n) is 21.2. The number of hydrogen-bond acceptors (Lipinski definition) is 4. The second kappa shape index (κ2) is 24.0. The van der Waals surface area contributed by atoms with Gasteiger partial charge in [0.05, 0.1) is 31.8 Å². The smallest absolute Gasteiger partial charge is 0.116 e. The van der Waals surface area contributed by atoms with Crippen LogP contribution in [-0.4, -0.2) is 66.4 Å². The molecule has 1 unspecified atom stereocenters. The van der Waals surface area contributed by atoms with Gasteiger partial charge in [-0.3, -0.25) is 4.90 Å². The minimum atomic E-state index is -0.504. The van der Waals surface area contributed by atoms with Gasteiger partial charge in [0.2, 0.25) is 0 Å². The Morgan fingerprint density at radius 3 is 1.73 bits per heavy atom. The third-order valence-electron chi connectivity index (χ3n) is 6.17. The maximum atomic E-state index is 10.9. The van der Waals surface area contributed by atoms with E-state index in [0.29, 0.717) is 39.0 Å². The Bertz CT molecular complexity index is 527. The van der Waals surface area contributed by atoms with Gasteiger partial charge in [-0.2, -0.15) is 10.5 Å². The fourth-order valence-electron chi connectivity index (χ4n) is 4.49. The van der Waals surface area contributed by atoms with Crippen LogP contribution in [0.1, 0.15) is 84.0 Å². The van der Waals surface area contributed by atoms with Crippen LogP contribution in [0.15, 0.2) is 25.3 Å². The minimum absolute atomic E-state index is 0. The Hall–Kier alpha value is -1.18. The molecule has 0 spiro atoms. The summed E-state index contributed by atoms with van der Waals surface area (Å²) in [7, 11) is 0. The Labute approximate surface area is 215 Å². The van der Waals surface area contributed by atoms with Crippen molar-refractivity contribution >= 4 is 0 Å². The summed E-state index contributed by atoms with van der Waals surface area (Å²) in [6, 6.07) is 4.32. The number of hydrogen-bond donors (Lipinski definition) is 1. The van der Waals surface area contributed by atoms with Gasteiger partial charge in [0.1, 0.15) is 12.6 Å². The molecule has 33 heavy (non-hydrogen) atoms. The van der Waals surface area contributed by atoms with Gasteiger partial charge in [0.15, 0.2) is 0 Å². The first kappa shape index (κ1) is 34.0. The minimum Gasteiger partial charge on any atom is -1.00 e. The fraction of sp³-hybridized carbons (Fsp3) is 0.778. The van der Waals surface area contributed by atoms with E-state index in [1.165, 1.54) is 57.8 Å². The summed E-state index contributed by atoms with van der Waals surface area (Å²) in [6.07, 6.45) is 17.4. The summed E-state index contributed by atoms with van der Waals surface area (Å²) in [5, 5.41) is 28.7. The molecular weight excluding hydrogens is 476 g/mol. The lowest BCUT2D eigenvalue weighted by atomic mass is 10.1. The summed E-state index contributed by atoms with van der Waals surface area (Å²) in [5.74, 6) is 0. The van der Waals surface area contributed by atoms with Crippen molar-refractivity contribution in [3.8, 4) is 12.1 Å². The van der Waals surface area contributed by atoms with Gasteiger partial charge in [-0.25, -0.2) is 0 Å². The molecule has 0 aliphatic carbocycles. The number of aliphatic hydroxyl groups excluding tert-OH is 1. The summed E-state index contributed by atoms with van der Waals surface area (Å²) in [5.41, 5.74) is 0. The highest BCUT2D eigenvalue weighted by molar-refractivity contribution is 4.79. The van der Waals surface area contributed by atoms with Crippen LogP contribution >= 0.6 is 0 Å². The van der Waals surface area contributed by atoms with Crippen LogP contribution in [0.25, 0.3) is 0 Å². The Balaban J connectivity index is 0. The maximum absolute atomic E-state index is 10.9. The highest BCUT2D eigenvalue weighted by atomic mass is 79.9. The Morgan fingerprint density at radius 1 is 0.848 bits per heavy atom. The Morgan fingerprint density at radius 2 is 1.30 bits per heavy atom. The quantitative estimate of drug-likeness (QED) is 0.127. The lowest BCUT2D eigenvalue weighted by Gasteiger charge is -2.39. The molecule has 0 aliphatic heterocycles. The van der Waals surface area contributed by atoms with Crippen molar-refractivity contribution in [2.24, 2.45) is 0 Å². The van der Waals surface area contributed by atoms with Crippen molar-refractivity contribution in [2.75, 3.05) is 45.8 Å². The van der Waals surface area contributed by atoms with Gasteiger partial charge in [-0.1, -0.05) is 71.4 Å². The van der Waals surface area contributed by atoms with Crippen LogP contribution in [0.5, 0.6) is 0 Å². The van der Waals surface area contributed by atoms with Crippen LogP contribution in [0.4, 0.5) is 0 Å². The number of halogens is 1.